The second-order valence-corrected chi connectivity index (χ2v) is 7.90. The number of para-hydroxylation sites is 1. The number of benzene rings is 2. The fourth-order valence-corrected chi connectivity index (χ4v) is 4.13. The lowest BCUT2D eigenvalue weighted by atomic mass is 10.1. The Morgan fingerprint density at radius 1 is 1.28 bits per heavy atom. The number of aliphatic carboxylic acids is 1. The number of halogens is 1. The van der Waals surface area contributed by atoms with Crippen LogP contribution in [-0.2, 0) is 9.59 Å². The molecule has 2 aromatic rings. The number of rotatable bonds is 7. The molecule has 0 bridgehead atoms. The summed E-state index contributed by atoms with van der Waals surface area (Å²) in [5, 5.41) is 9.45. The van der Waals surface area contributed by atoms with E-state index in [1.54, 1.807) is 48.5 Å². The summed E-state index contributed by atoms with van der Waals surface area (Å²) < 4.78 is 11.3. The van der Waals surface area contributed by atoms with Gasteiger partial charge in [-0.1, -0.05) is 53.8 Å². The summed E-state index contributed by atoms with van der Waals surface area (Å²) >= 11 is 12.5. The highest BCUT2D eigenvalue weighted by Gasteiger charge is 2.33. The number of thioether (sulfide) groups is 1. The third kappa shape index (κ3) is 4.90. The van der Waals surface area contributed by atoms with Crippen LogP contribution in [0.5, 0.6) is 11.5 Å². The van der Waals surface area contributed by atoms with Crippen LogP contribution in [-0.4, -0.2) is 34.5 Å². The first-order valence-corrected chi connectivity index (χ1v) is 10.1. The SMILES string of the molecule is CCOc1cccc(/C=C2/SC(=S)N(c3cccc(Cl)c3)C2=O)c1OCC(=O)O. The summed E-state index contributed by atoms with van der Waals surface area (Å²) in [4.78, 5) is 25.7. The maximum atomic E-state index is 13.0. The number of hydrogen-bond donors (Lipinski definition) is 1. The molecule has 0 aliphatic carbocycles. The van der Waals surface area contributed by atoms with Gasteiger partial charge < -0.3 is 14.6 Å². The van der Waals surface area contributed by atoms with Gasteiger partial charge in [0, 0.05) is 10.6 Å². The first-order valence-electron chi connectivity index (χ1n) is 8.54. The Morgan fingerprint density at radius 2 is 2.03 bits per heavy atom. The van der Waals surface area contributed by atoms with E-state index in [-0.39, 0.29) is 11.7 Å². The molecule has 0 aromatic heterocycles. The van der Waals surface area contributed by atoms with Gasteiger partial charge in [-0.2, -0.15) is 0 Å². The van der Waals surface area contributed by atoms with Crippen LogP contribution in [0.1, 0.15) is 12.5 Å². The Hall–Kier alpha value is -2.55. The fraction of sp³-hybridized carbons (Fsp3) is 0.150. The Balaban J connectivity index is 1.97. The molecular weight excluding hydrogens is 434 g/mol. The maximum Gasteiger partial charge on any atom is 0.341 e. The topological polar surface area (TPSA) is 76.1 Å². The molecule has 1 saturated heterocycles. The molecule has 1 aliphatic heterocycles. The van der Waals surface area contributed by atoms with Crippen molar-refractivity contribution in [2.24, 2.45) is 0 Å². The Kier molecular flexibility index (Phi) is 6.79. The average Bonchev–Trinajstić information content (AvgIpc) is 2.94. The number of thiocarbonyl (C=S) groups is 1. The molecule has 2 aromatic carbocycles. The summed E-state index contributed by atoms with van der Waals surface area (Å²) in [6.07, 6.45) is 1.61. The number of amides is 1. The van der Waals surface area contributed by atoms with Gasteiger partial charge >= 0.3 is 5.97 Å². The van der Waals surface area contributed by atoms with Gasteiger partial charge in [-0.15, -0.1) is 0 Å². The van der Waals surface area contributed by atoms with Crippen molar-refractivity contribution in [3.05, 3.63) is 58.0 Å². The zero-order valence-electron chi connectivity index (χ0n) is 15.3. The second-order valence-electron chi connectivity index (χ2n) is 5.79. The third-order valence-corrected chi connectivity index (χ3v) is 5.33. The van der Waals surface area contributed by atoms with Gasteiger partial charge in [-0.25, -0.2) is 4.79 Å². The van der Waals surface area contributed by atoms with E-state index in [1.807, 2.05) is 6.92 Å². The lowest BCUT2D eigenvalue weighted by molar-refractivity contribution is -0.139. The molecule has 9 heteroatoms. The Labute approximate surface area is 182 Å². The molecule has 0 radical (unpaired) electrons. The lowest BCUT2D eigenvalue weighted by Gasteiger charge is -2.15. The molecule has 29 heavy (non-hydrogen) atoms. The molecule has 0 atom stereocenters. The minimum Gasteiger partial charge on any atom is -0.490 e. The van der Waals surface area contributed by atoms with E-state index >= 15 is 0 Å². The molecule has 0 saturated carbocycles. The van der Waals surface area contributed by atoms with Crippen molar-refractivity contribution in [2.45, 2.75) is 6.92 Å². The maximum absolute atomic E-state index is 13.0. The van der Waals surface area contributed by atoms with E-state index in [9.17, 15) is 9.59 Å². The largest absolute Gasteiger partial charge is 0.490 e. The molecule has 1 heterocycles. The second kappa shape index (κ2) is 9.30. The van der Waals surface area contributed by atoms with Crippen LogP contribution in [0.4, 0.5) is 5.69 Å². The quantitative estimate of drug-likeness (QED) is 0.488. The van der Waals surface area contributed by atoms with Crippen LogP contribution >= 0.6 is 35.6 Å². The minimum absolute atomic E-state index is 0.254. The zero-order chi connectivity index (χ0) is 21.0. The van der Waals surface area contributed by atoms with Gasteiger partial charge in [0.15, 0.2) is 22.4 Å². The summed E-state index contributed by atoms with van der Waals surface area (Å²) in [5.41, 5.74) is 1.10. The lowest BCUT2D eigenvalue weighted by Crippen LogP contribution is -2.27. The first-order chi connectivity index (χ1) is 13.9. The monoisotopic (exact) mass is 449 g/mol. The van der Waals surface area contributed by atoms with Crippen molar-refractivity contribution in [2.75, 3.05) is 18.1 Å². The van der Waals surface area contributed by atoms with Gasteiger partial charge in [0.25, 0.3) is 5.91 Å². The number of nitrogens with zero attached hydrogens (tertiary/aromatic N) is 1. The van der Waals surface area contributed by atoms with Crippen LogP contribution in [0.25, 0.3) is 6.08 Å². The number of carbonyl (C=O) groups excluding carboxylic acids is 1. The van der Waals surface area contributed by atoms with Crippen LogP contribution in [0.2, 0.25) is 5.02 Å². The molecule has 1 N–H and O–H groups in total. The smallest absolute Gasteiger partial charge is 0.341 e. The highest BCUT2D eigenvalue weighted by Crippen LogP contribution is 2.39. The van der Waals surface area contributed by atoms with Crippen molar-refractivity contribution >= 4 is 63.5 Å². The average molecular weight is 450 g/mol. The predicted octanol–water partition coefficient (Wildman–Crippen LogP) is 4.61. The normalized spacial score (nSPS) is 15.1. The molecule has 0 spiro atoms. The third-order valence-electron chi connectivity index (χ3n) is 3.80. The van der Waals surface area contributed by atoms with Crippen molar-refractivity contribution in [3.63, 3.8) is 0 Å². The van der Waals surface area contributed by atoms with E-state index < -0.39 is 12.6 Å². The molecule has 3 rings (SSSR count). The summed E-state index contributed by atoms with van der Waals surface area (Å²) in [7, 11) is 0. The van der Waals surface area contributed by atoms with E-state index in [0.29, 0.717) is 37.9 Å². The Morgan fingerprint density at radius 3 is 2.72 bits per heavy atom. The van der Waals surface area contributed by atoms with Crippen LogP contribution in [0.3, 0.4) is 0 Å². The zero-order valence-corrected chi connectivity index (χ0v) is 17.6. The number of ether oxygens (including phenoxy) is 2. The number of carbonyl (C=O) groups is 2. The summed E-state index contributed by atoms with van der Waals surface area (Å²) in [5.74, 6) is -0.764. The number of carboxylic acids is 1. The van der Waals surface area contributed by atoms with Crippen molar-refractivity contribution in [1.82, 2.24) is 0 Å². The number of carboxylic acid groups (broad SMARTS) is 1. The van der Waals surface area contributed by atoms with Crippen molar-refractivity contribution in [1.29, 1.82) is 0 Å². The number of anilines is 1. The van der Waals surface area contributed by atoms with E-state index in [4.69, 9.17) is 38.4 Å². The summed E-state index contributed by atoms with van der Waals surface area (Å²) in [6.45, 7) is 1.65. The fourth-order valence-electron chi connectivity index (χ4n) is 2.65. The van der Waals surface area contributed by atoms with E-state index in [0.717, 1.165) is 11.8 Å². The predicted molar refractivity (Wildman–Crippen MR) is 118 cm³/mol. The molecule has 1 aliphatic rings. The Bertz CT molecular complexity index is 1010. The number of hydrogen-bond acceptors (Lipinski definition) is 6. The van der Waals surface area contributed by atoms with Crippen LogP contribution in [0, 0.1) is 0 Å². The molecule has 0 unspecified atom stereocenters. The molecule has 150 valence electrons. The van der Waals surface area contributed by atoms with Crippen molar-refractivity contribution in [3.8, 4) is 11.5 Å². The molecule has 1 fully saturated rings. The van der Waals surface area contributed by atoms with Gasteiger partial charge in [-0.05, 0) is 37.3 Å². The minimum atomic E-state index is -1.12. The molecular formula is C20H16ClNO5S2. The van der Waals surface area contributed by atoms with E-state index in [2.05, 4.69) is 0 Å². The first kappa shape index (κ1) is 21.2. The van der Waals surface area contributed by atoms with Gasteiger partial charge in [0.2, 0.25) is 0 Å². The summed E-state index contributed by atoms with van der Waals surface area (Å²) in [6, 6.07) is 12.0. The highest BCUT2D eigenvalue weighted by atomic mass is 35.5. The van der Waals surface area contributed by atoms with Gasteiger partial charge in [-0.3, -0.25) is 9.69 Å². The van der Waals surface area contributed by atoms with Crippen LogP contribution in [0.15, 0.2) is 47.4 Å². The van der Waals surface area contributed by atoms with Gasteiger partial charge in [0.1, 0.15) is 0 Å². The molecule has 1 amide bonds. The molecule has 6 nitrogen and oxygen atoms in total. The van der Waals surface area contributed by atoms with Crippen LogP contribution < -0.4 is 14.4 Å². The van der Waals surface area contributed by atoms with Crippen molar-refractivity contribution < 1.29 is 24.2 Å². The van der Waals surface area contributed by atoms with E-state index in [1.165, 1.54) is 4.90 Å². The van der Waals surface area contributed by atoms with Gasteiger partial charge in [0.05, 0.1) is 17.2 Å². The standard InChI is InChI=1S/C20H16ClNO5S2/c1-2-26-15-8-3-5-12(18(15)27-11-17(23)24)9-16-19(25)22(20(28)29-16)14-7-4-6-13(21)10-14/h3-10H,2,11H2,1H3,(H,23,24)/b16-9+. The highest BCUT2D eigenvalue weighted by molar-refractivity contribution is 8.27.